The zero-order valence-electron chi connectivity index (χ0n) is 4.98. The van der Waals surface area contributed by atoms with Crippen molar-refractivity contribution in [2.45, 2.75) is 0 Å². The Bertz CT molecular complexity index is 285. The number of hydrogen-bond donors (Lipinski definition) is 1. The van der Waals surface area contributed by atoms with Crippen molar-refractivity contribution < 1.29 is 5.17 Å². The van der Waals surface area contributed by atoms with Gasteiger partial charge in [-0.1, -0.05) is 5.11 Å². The number of fused-ring (bicyclic) bond motifs is 1. The zero-order valence-corrected chi connectivity index (χ0v) is 4.98. The van der Waals surface area contributed by atoms with E-state index in [0.29, 0.717) is 11.5 Å². The van der Waals surface area contributed by atoms with Crippen molar-refractivity contribution >= 4 is 11.5 Å². The van der Waals surface area contributed by atoms with Crippen molar-refractivity contribution in [2.24, 2.45) is 10.3 Å². The summed E-state index contributed by atoms with van der Waals surface area (Å²) in [7, 11) is 0. The Labute approximate surface area is 56.6 Å². The molecule has 1 N–H and O–H groups in total. The van der Waals surface area contributed by atoms with Crippen LogP contribution in [-0.2, 0) is 0 Å². The highest BCUT2D eigenvalue weighted by atomic mass is 16.5. The quantitative estimate of drug-likeness (QED) is 0.514. The third-order valence-corrected chi connectivity index (χ3v) is 1.25. The van der Waals surface area contributed by atoms with Gasteiger partial charge in [-0.25, -0.2) is 4.98 Å². The van der Waals surface area contributed by atoms with Crippen LogP contribution < -0.4 is 5.17 Å². The smallest absolute Gasteiger partial charge is 0.243 e. The molecule has 0 radical (unpaired) electrons. The largest absolute Gasteiger partial charge is 0.600 e. The number of pyridine rings is 1. The fourth-order valence-corrected chi connectivity index (χ4v) is 0.790. The van der Waals surface area contributed by atoms with E-state index < -0.39 is 0 Å². The molecule has 0 spiro atoms. The minimum absolute atomic E-state index is 0.303. The second kappa shape index (κ2) is 1.83. The first-order valence-electron chi connectivity index (χ1n) is 2.79. The fourth-order valence-electron chi connectivity index (χ4n) is 0.790. The van der Waals surface area contributed by atoms with Gasteiger partial charge in [-0.3, -0.25) is 0 Å². The van der Waals surface area contributed by atoms with E-state index >= 15 is 0 Å². The first-order valence-corrected chi connectivity index (χ1v) is 2.79. The zero-order chi connectivity index (χ0) is 6.97. The molecule has 1 atom stereocenters. The van der Waals surface area contributed by atoms with Crippen molar-refractivity contribution in [3.8, 4) is 0 Å². The van der Waals surface area contributed by atoms with E-state index in [1.165, 1.54) is 0 Å². The van der Waals surface area contributed by atoms with Crippen LogP contribution in [0, 0.1) is 5.21 Å². The predicted octanol–water partition coefficient (Wildman–Crippen LogP) is 0.108. The minimum atomic E-state index is -0.303. The molecule has 1 aliphatic heterocycles. The molecule has 0 aliphatic carbocycles. The first kappa shape index (κ1) is 5.45. The summed E-state index contributed by atoms with van der Waals surface area (Å²) in [4.78, 5) is 3.83. The van der Waals surface area contributed by atoms with Gasteiger partial charge in [0, 0.05) is 17.5 Å². The summed E-state index contributed by atoms with van der Waals surface area (Å²) in [6, 6.07) is 3.34. The highest BCUT2D eigenvalue weighted by Crippen LogP contribution is 2.20. The van der Waals surface area contributed by atoms with Crippen molar-refractivity contribution in [3.05, 3.63) is 23.5 Å². The molecule has 0 amide bonds. The first-order chi connectivity index (χ1) is 4.88. The molecule has 0 bridgehead atoms. The maximum atomic E-state index is 10.8. The van der Waals surface area contributed by atoms with E-state index in [0.717, 1.165) is 0 Å². The third kappa shape index (κ3) is 0.615. The molecule has 5 heteroatoms. The molecule has 5 nitrogen and oxygen atoms in total. The molecular formula is C5H4N4O. The monoisotopic (exact) mass is 136 g/mol. The number of rotatable bonds is 0. The summed E-state index contributed by atoms with van der Waals surface area (Å²) in [5, 5.41) is 17.3. The Hall–Kier alpha value is -1.33. The molecule has 1 aromatic heterocycles. The second-order valence-electron chi connectivity index (χ2n) is 1.88. The third-order valence-electron chi connectivity index (χ3n) is 1.25. The van der Waals surface area contributed by atoms with Gasteiger partial charge in [-0.2, -0.15) is 5.17 Å². The maximum Gasteiger partial charge on any atom is 0.243 e. The molecule has 1 unspecified atom stereocenters. The molecule has 2 heterocycles. The van der Waals surface area contributed by atoms with E-state index in [-0.39, 0.29) is 5.17 Å². The summed E-state index contributed by atoms with van der Waals surface area (Å²) in [5.74, 6) is 0.424. The van der Waals surface area contributed by atoms with Gasteiger partial charge in [0.05, 0.1) is 0 Å². The van der Waals surface area contributed by atoms with Gasteiger partial charge < -0.3 is 5.21 Å². The van der Waals surface area contributed by atoms with Gasteiger partial charge in [-0.05, 0) is 6.07 Å². The van der Waals surface area contributed by atoms with Gasteiger partial charge in [0.15, 0.2) is 0 Å². The van der Waals surface area contributed by atoms with Crippen molar-refractivity contribution in [3.63, 3.8) is 0 Å². The van der Waals surface area contributed by atoms with E-state index in [2.05, 4.69) is 15.3 Å². The Balaban J connectivity index is 2.59. The van der Waals surface area contributed by atoms with Crippen molar-refractivity contribution in [2.75, 3.05) is 0 Å². The van der Waals surface area contributed by atoms with E-state index in [4.69, 9.17) is 0 Å². The van der Waals surface area contributed by atoms with Crippen LogP contribution in [0.1, 0.15) is 0 Å². The van der Waals surface area contributed by atoms with E-state index in [1.807, 2.05) is 0 Å². The summed E-state index contributed by atoms with van der Waals surface area (Å²) >= 11 is 0. The SMILES string of the molecule is [O-][NH+]1N=Nc2ncccc21. The average molecular weight is 136 g/mol. The van der Waals surface area contributed by atoms with Gasteiger partial charge in [0.25, 0.3) is 0 Å². The topological polar surface area (TPSA) is 65.1 Å². The molecule has 0 fully saturated rings. The maximum absolute atomic E-state index is 10.8. The Kier molecular flexibility index (Phi) is 0.996. The van der Waals surface area contributed by atoms with Crippen LogP contribution in [0.4, 0.5) is 11.5 Å². The highest BCUT2D eigenvalue weighted by Gasteiger charge is 2.15. The van der Waals surface area contributed by atoms with Crippen LogP contribution in [0.25, 0.3) is 0 Å². The van der Waals surface area contributed by atoms with E-state index in [1.54, 1.807) is 18.3 Å². The van der Waals surface area contributed by atoms with Crippen LogP contribution in [-0.4, -0.2) is 4.98 Å². The Morgan fingerprint density at radius 1 is 1.50 bits per heavy atom. The normalized spacial score (nSPS) is 21.1. The van der Waals surface area contributed by atoms with Crippen molar-refractivity contribution in [1.29, 1.82) is 0 Å². The summed E-state index contributed by atoms with van der Waals surface area (Å²) in [6.07, 6.45) is 1.58. The molecule has 1 aliphatic rings. The summed E-state index contributed by atoms with van der Waals surface area (Å²) < 4.78 is 0. The standard InChI is InChI=1S/C5H4N4O/c10-9-4-2-1-3-6-5(4)7-8-9/h1-3,9H. The molecule has 0 aromatic carbocycles. The minimum Gasteiger partial charge on any atom is -0.600 e. The van der Waals surface area contributed by atoms with Crippen LogP contribution >= 0.6 is 0 Å². The summed E-state index contributed by atoms with van der Waals surface area (Å²) in [5.41, 5.74) is 0.488. The molecule has 50 valence electrons. The summed E-state index contributed by atoms with van der Waals surface area (Å²) in [6.45, 7) is 0. The highest BCUT2D eigenvalue weighted by molar-refractivity contribution is 5.50. The number of hydrogen-bond acceptors (Lipinski definition) is 4. The van der Waals surface area contributed by atoms with Crippen molar-refractivity contribution in [1.82, 2.24) is 4.98 Å². The predicted molar refractivity (Wildman–Crippen MR) is 32.7 cm³/mol. The molecule has 10 heavy (non-hydrogen) atoms. The lowest BCUT2D eigenvalue weighted by atomic mass is 10.4. The second-order valence-corrected chi connectivity index (χ2v) is 1.88. The molecule has 2 rings (SSSR count). The fraction of sp³-hybridized carbons (Fsp3) is 0. The Morgan fingerprint density at radius 3 is 3.20 bits per heavy atom. The lowest BCUT2D eigenvalue weighted by molar-refractivity contribution is -0.784. The van der Waals surface area contributed by atoms with Gasteiger partial charge in [-0.15, -0.1) is 0 Å². The number of nitrogens with zero attached hydrogens (tertiary/aromatic N) is 3. The molecular weight excluding hydrogens is 132 g/mol. The number of aromatic nitrogens is 1. The van der Waals surface area contributed by atoms with Crippen LogP contribution in [0.15, 0.2) is 28.7 Å². The van der Waals surface area contributed by atoms with Crippen LogP contribution in [0.3, 0.4) is 0 Å². The van der Waals surface area contributed by atoms with E-state index in [9.17, 15) is 5.21 Å². The lowest BCUT2D eigenvalue weighted by Crippen LogP contribution is -2.95. The Morgan fingerprint density at radius 2 is 2.40 bits per heavy atom. The lowest BCUT2D eigenvalue weighted by Gasteiger charge is -2.05. The van der Waals surface area contributed by atoms with Crippen LogP contribution in [0.2, 0.25) is 0 Å². The van der Waals surface area contributed by atoms with Gasteiger partial charge in [0.1, 0.15) is 0 Å². The van der Waals surface area contributed by atoms with Gasteiger partial charge >= 0.3 is 0 Å². The number of nitrogens with one attached hydrogen (secondary N) is 1. The molecule has 0 saturated carbocycles. The van der Waals surface area contributed by atoms with Gasteiger partial charge in [0.2, 0.25) is 11.5 Å². The van der Waals surface area contributed by atoms with Crippen LogP contribution in [0.5, 0.6) is 0 Å². The number of quaternary nitrogens is 1. The molecule has 0 saturated heterocycles. The molecule has 1 aromatic rings. The average Bonchev–Trinajstić information content (AvgIpc) is 2.34.